The van der Waals surface area contributed by atoms with Crippen LogP contribution in [0.25, 0.3) is 0 Å². The zero-order valence-electron chi connectivity index (χ0n) is 9.73. The fourth-order valence-electron chi connectivity index (χ4n) is 1.87. The molecule has 1 fully saturated rings. The highest BCUT2D eigenvalue weighted by atomic mass is 35.5. The van der Waals surface area contributed by atoms with Crippen LogP contribution in [0.3, 0.4) is 0 Å². The van der Waals surface area contributed by atoms with Gasteiger partial charge in [0.1, 0.15) is 0 Å². The summed E-state index contributed by atoms with van der Waals surface area (Å²) in [5.41, 5.74) is 1.15. The minimum Gasteiger partial charge on any atom is -0.229 e. The Morgan fingerprint density at radius 3 is 2.41 bits per heavy atom. The first-order valence-corrected chi connectivity index (χ1v) is 8.20. The van der Waals surface area contributed by atoms with Gasteiger partial charge in [0.15, 0.2) is 9.84 Å². The third-order valence-corrected chi connectivity index (χ3v) is 5.16. The first kappa shape index (κ1) is 12.9. The summed E-state index contributed by atoms with van der Waals surface area (Å²) < 4.78 is 23.4. The monoisotopic (exact) mass is 272 g/mol. The second-order valence-electron chi connectivity index (χ2n) is 4.79. The van der Waals surface area contributed by atoms with Gasteiger partial charge in [-0.3, -0.25) is 0 Å². The van der Waals surface area contributed by atoms with Crippen molar-refractivity contribution in [2.45, 2.75) is 25.7 Å². The van der Waals surface area contributed by atoms with E-state index in [0.717, 1.165) is 29.8 Å². The Kier molecular flexibility index (Phi) is 4.10. The molecule has 1 aliphatic rings. The Morgan fingerprint density at radius 1 is 1.18 bits per heavy atom. The number of sulfone groups is 1. The van der Waals surface area contributed by atoms with Crippen molar-refractivity contribution >= 4 is 21.4 Å². The third-order valence-electron chi connectivity index (χ3n) is 3.02. The van der Waals surface area contributed by atoms with Gasteiger partial charge in [0.05, 0.1) is 11.5 Å². The summed E-state index contributed by atoms with van der Waals surface area (Å²) in [6.07, 6.45) is 3.70. The second-order valence-corrected chi connectivity index (χ2v) is 7.45. The first-order chi connectivity index (χ1) is 8.05. The van der Waals surface area contributed by atoms with E-state index < -0.39 is 9.84 Å². The summed E-state index contributed by atoms with van der Waals surface area (Å²) in [5, 5.41) is 0.718. The van der Waals surface area contributed by atoms with E-state index >= 15 is 0 Å². The maximum Gasteiger partial charge on any atom is 0.150 e. The molecule has 1 aromatic rings. The van der Waals surface area contributed by atoms with E-state index in [9.17, 15) is 8.42 Å². The van der Waals surface area contributed by atoms with Crippen molar-refractivity contribution in [3.8, 4) is 0 Å². The van der Waals surface area contributed by atoms with Crippen LogP contribution in [0, 0.1) is 5.92 Å². The number of halogens is 1. The van der Waals surface area contributed by atoms with Gasteiger partial charge < -0.3 is 0 Å². The lowest BCUT2D eigenvalue weighted by atomic mass is 10.1. The van der Waals surface area contributed by atoms with Crippen molar-refractivity contribution in [1.82, 2.24) is 0 Å². The topological polar surface area (TPSA) is 34.1 Å². The lowest BCUT2D eigenvalue weighted by Gasteiger charge is -2.04. The van der Waals surface area contributed by atoms with Crippen molar-refractivity contribution in [2.75, 3.05) is 11.5 Å². The molecule has 0 N–H and O–H groups in total. The third kappa shape index (κ3) is 4.68. The SMILES string of the molecule is O=S(=O)(CCCc1ccc(Cl)cc1)CC1CC1. The minimum absolute atomic E-state index is 0.312. The van der Waals surface area contributed by atoms with Crippen molar-refractivity contribution in [2.24, 2.45) is 5.92 Å². The maximum atomic E-state index is 11.7. The Labute approximate surface area is 108 Å². The standard InChI is InChI=1S/C13H17ClO2S/c14-13-7-5-11(6-8-13)2-1-9-17(15,16)10-12-3-4-12/h5-8,12H,1-4,9-10H2. The van der Waals surface area contributed by atoms with E-state index in [1.54, 1.807) is 0 Å². The quantitative estimate of drug-likeness (QED) is 0.797. The predicted molar refractivity (Wildman–Crippen MR) is 71.2 cm³/mol. The molecule has 2 rings (SSSR count). The lowest BCUT2D eigenvalue weighted by molar-refractivity contribution is 0.589. The normalized spacial score (nSPS) is 16.1. The van der Waals surface area contributed by atoms with Crippen molar-refractivity contribution in [1.29, 1.82) is 0 Å². The van der Waals surface area contributed by atoms with Crippen LogP contribution in [0.4, 0.5) is 0 Å². The number of benzene rings is 1. The van der Waals surface area contributed by atoms with Crippen LogP contribution in [0.2, 0.25) is 5.02 Å². The van der Waals surface area contributed by atoms with Crippen LogP contribution >= 0.6 is 11.6 Å². The molecule has 2 nitrogen and oxygen atoms in total. The summed E-state index contributed by atoms with van der Waals surface area (Å²) in [6, 6.07) is 7.59. The molecule has 0 bridgehead atoms. The molecule has 17 heavy (non-hydrogen) atoms. The van der Waals surface area contributed by atoms with Gasteiger partial charge in [0, 0.05) is 5.02 Å². The minimum atomic E-state index is -2.82. The van der Waals surface area contributed by atoms with Crippen LogP contribution in [0.1, 0.15) is 24.8 Å². The van der Waals surface area contributed by atoms with Crippen LogP contribution in [0.15, 0.2) is 24.3 Å². The van der Waals surface area contributed by atoms with Gasteiger partial charge in [0.25, 0.3) is 0 Å². The van der Waals surface area contributed by atoms with Gasteiger partial charge in [0.2, 0.25) is 0 Å². The maximum absolute atomic E-state index is 11.7. The van der Waals surface area contributed by atoms with E-state index in [4.69, 9.17) is 11.6 Å². The van der Waals surface area contributed by atoms with Gasteiger partial charge in [-0.1, -0.05) is 23.7 Å². The predicted octanol–water partition coefficient (Wildman–Crippen LogP) is 3.10. The first-order valence-electron chi connectivity index (χ1n) is 6.00. The van der Waals surface area contributed by atoms with E-state index in [2.05, 4.69) is 0 Å². The zero-order valence-corrected chi connectivity index (χ0v) is 11.3. The van der Waals surface area contributed by atoms with E-state index in [1.165, 1.54) is 0 Å². The zero-order chi connectivity index (χ0) is 12.3. The summed E-state index contributed by atoms with van der Waals surface area (Å²) >= 11 is 5.79. The Balaban J connectivity index is 1.76. The smallest absolute Gasteiger partial charge is 0.150 e. The highest BCUT2D eigenvalue weighted by Crippen LogP contribution is 2.30. The molecule has 0 unspecified atom stereocenters. The molecule has 0 amide bonds. The molecule has 4 heteroatoms. The molecule has 1 aromatic carbocycles. The molecule has 0 radical (unpaired) electrons. The average molecular weight is 273 g/mol. The van der Waals surface area contributed by atoms with E-state index in [1.807, 2.05) is 24.3 Å². The summed E-state index contributed by atoms with van der Waals surface area (Å²) in [6.45, 7) is 0. The fourth-order valence-corrected chi connectivity index (χ4v) is 3.80. The highest BCUT2D eigenvalue weighted by Gasteiger charge is 2.27. The van der Waals surface area contributed by atoms with Crippen LogP contribution in [-0.4, -0.2) is 19.9 Å². The Bertz CT molecular complexity index is 461. The highest BCUT2D eigenvalue weighted by molar-refractivity contribution is 7.91. The van der Waals surface area contributed by atoms with Crippen molar-refractivity contribution in [3.63, 3.8) is 0 Å². The molecule has 0 heterocycles. The van der Waals surface area contributed by atoms with Gasteiger partial charge in [-0.15, -0.1) is 0 Å². The van der Waals surface area contributed by atoms with E-state index in [0.29, 0.717) is 23.8 Å². The molecule has 94 valence electrons. The number of hydrogen-bond acceptors (Lipinski definition) is 2. The van der Waals surface area contributed by atoms with Crippen molar-refractivity contribution in [3.05, 3.63) is 34.9 Å². The van der Waals surface area contributed by atoms with E-state index in [-0.39, 0.29) is 0 Å². The molecule has 0 spiro atoms. The van der Waals surface area contributed by atoms with Gasteiger partial charge in [-0.25, -0.2) is 8.42 Å². The molecule has 0 atom stereocenters. The molecule has 0 aliphatic heterocycles. The number of hydrogen-bond donors (Lipinski definition) is 0. The van der Waals surface area contributed by atoms with Crippen LogP contribution in [-0.2, 0) is 16.3 Å². The fraction of sp³-hybridized carbons (Fsp3) is 0.538. The largest absolute Gasteiger partial charge is 0.229 e. The molecular formula is C13H17ClO2S. The summed E-state index contributed by atoms with van der Waals surface area (Å²) in [5.74, 6) is 1.16. The van der Waals surface area contributed by atoms with Gasteiger partial charge in [-0.05, 0) is 49.3 Å². The Morgan fingerprint density at radius 2 is 1.82 bits per heavy atom. The Hall–Kier alpha value is -0.540. The van der Waals surface area contributed by atoms with Gasteiger partial charge >= 0.3 is 0 Å². The molecular weight excluding hydrogens is 256 g/mol. The number of aryl methyl sites for hydroxylation is 1. The average Bonchev–Trinajstić information content (AvgIpc) is 3.04. The number of rotatable bonds is 6. The lowest BCUT2D eigenvalue weighted by Crippen LogP contribution is -2.13. The molecule has 1 aliphatic carbocycles. The second kappa shape index (κ2) is 5.40. The van der Waals surface area contributed by atoms with Crippen molar-refractivity contribution < 1.29 is 8.42 Å². The molecule has 0 aromatic heterocycles. The van der Waals surface area contributed by atoms with Crippen LogP contribution in [0.5, 0.6) is 0 Å². The summed E-state index contributed by atoms with van der Waals surface area (Å²) in [4.78, 5) is 0. The van der Waals surface area contributed by atoms with Gasteiger partial charge in [-0.2, -0.15) is 0 Å². The van der Waals surface area contributed by atoms with Crippen LogP contribution < -0.4 is 0 Å². The molecule has 0 saturated heterocycles. The summed E-state index contributed by atoms with van der Waals surface area (Å²) in [7, 11) is -2.82. The molecule has 1 saturated carbocycles.